The van der Waals surface area contributed by atoms with Gasteiger partial charge in [-0.2, -0.15) is 0 Å². The molecule has 21 heavy (non-hydrogen) atoms. The zero-order valence-electron chi connectivity index (χ0n) is 14.5. The minimum absolute atomic E-state index is 0.321. The van der Waals surface area contributed by atoms with Crippen LogP contribution in [0.15, 0.2) is 11.1 Å². The lowest BCUT2D eigenvalue weighted by molar-refractivity contribution is -0.121. The van der Waals surface area contributed by atoms with Crippen molar-refractivity contribution < 1.29 is 4.79 Å². The van der Waals surface area contributed by atoms with Crippen molar-refractivity contribution in [2.45, 2.75) is 60.8 Å². The van der Waals surface area contributed by atoms with E-state index in [0.717, 1.165) is 18.3 Å². The van der Waals surface area contributed by atoms with Gasteiger partial charge < -0.3 is 0 Å². The van der Waals surface area contributed by atoms with Crippen LogP contribution in [-0.2, 0) is 4.79 Å². The molecule has 0 spiro atoms. The number of hydrogen-bond donors (Lipinski definition) is 0. The molecule has 0 heterocycles. The fraction of sp³-hybridized carbons (Fsp3) is 0.850. The van der Waals surface area contributed by atoms with Crippen LogP contribution in [0.2, 0.25) is 0 Å². The predicted octanol–water partition coefficient (Wildman–Crippen LogP) is 4.87. The SMILES string of the molecule is C[C@@H]1[C@@H]2C[C@@H](C/C2=C2\C(=O)[C@@H]3C[C@H]2C(C)(C)[C@H]3C)C1(C)C. The number of hydrogen-bond acceptors (Lipinski definition) is 1. The monoisotopic (exact) mass is 286 g/mol. The molecule has 4 rings (SSSR count). The van der Waals surface area contributed by atoms with Crippen LogP contribution in [0, 0.1) is 46.3 Å². The molecule has 0 aromatic rings. The van der Waals surface area contributed by atoms with Gasteiger partial charge in [0, 0.05) is 5.92 Å². The highest BCUT2D eigenvalue weighted by Crippen LogP contribution is 2.66. The van der Waals surface area contributed by atoms with Gasteiger partial charge in [0.15, 0.2) is 5.78 Å². The molecule has 0 N–H and O–H groups in total. The number of rotatable bonds is 0. The molecule has 1 nitrogen and oxygen atoms in total. The molecular formula is C20H30O. The molecule has 0 aromatic carbocycles. The molecule has 0 unspecified atom stereocenters. The predicted molar refractivity (Wildman–Crippen MR) is 85.7 cm³/mol. The number of fused-ring (bicyclic) bond motifs is 4. The summed E-state index contributed by atoms with van der Waals surface area (Å²) in [6.45, 7) is 14.4. The highest BCUT2D eigenvalue weighted by molar-refractivity contribution is 6.02. The Morgan fingerprint density at radius 1 is 0.905 bits per heavy atom. The van der Waals surface area contributed by atoms with Crippen molar-refractivity contribution in [2.24, 2.45) is 46.3 Å². The van der Waals surface area contributed by atoms with Crippen LogP contribution in [0.3, 0.4) is 0 Å². The molecule has 0 saturated heterocycles. The van der Waals surface area contributed by atoms with Crippen LogP contribution in [0.4, 0.5) is 0 Å². The lowest BCUT2D eigenvalue weighted by Crippen LogP contribution is -2.37. The normalized spacial score (nSPS) is 53.0. The molecule has 4 saturated carbocycles. The smallest absolute Gasteiger partial charge is 0.162 e. The largest absolute Gasteiger partial charge is 0.294 e. The maximum absolute atomic E-state index is 12.9. The summed E-state index contributed by atoms with van der Waals surface area (Å²) in [5.41, 5.74) is 3.71. The maximum atomic E-state index is 12.9. The second kappa shape index (κ2) is 3.84. The number of Topliss-reactive ketones (excluding diaryl/α,β-unsaturated/α-hetero) is 1. The van der Waals surface area contributed by atoms with Crippen molar-refractivity contribution >= 4 is 5.78 Å². The van der Waals surface area contributed by atoms with Crippen molar-refractivity contribution in [3.63, 3.8) is 0 Å². The molecule has 0 aliphatic heterocycles. The second-order valence-corrected chi connectivity index (χ2v) is 9.66. The Hall–Kier alpha value is -0.590. The van der Waals surface area contributed by atoms with Gasteiger partial charge in [0.1, 0.15) is 0 Å². The molecular weight excluding hydrogens is 256 g/mol. The Kier molecular flexibility index (Phi) is 2.56. The number of carbonyl (C=O) groups excluding carboxylic acids is 1. The maximum Gasteiger partial charge on any atom is 0.162 e. The van der Waals surface area contributed by atoms with E-state index in [1.165, 1.54) is 18.4 Å². The van der Waals surface area contributed by atoms with E-state index in [0.29, 0.717) is 40.3 Å². The quantitative estimate of drug-likeness (QED) is 0.581. The minimum atomic E-state index is 0.321. The fourth-order valence-electron chi connectivity index (χ4n) is 6.40. The van der Waals surface area contributed by atoms with E-state index in [1.807, 2.05) is 0 Å². The highest BCUT2D eigenvalue weighted by atomic mass is 16.1. The molecule has 0 aromatic heterocycles. The number of allylic oxidation sites excluding steroid dienone is 2. The van der Waals surface area contributed by atoms with E-state index in [2.05, 4.69) is 41.5 Å². The van der Waals surface area contributed by atoms with Crippen LogP contribution in [-0.4, -0.2) is 5.78 Å². The standard InChI is InChI=1S/C20H30O/c1-10-13-7-12(19(10,3)4)8-15(13)17-16-9-14(18(17)21)11(2)20(16,5)6/h10-14,16H,7-9H2,1-6H3/b17-15+/t10-,11+,12+,13+,14-,16-/m1/s1. The molecule has 0 radical (unpaired) electrons. The third kappa shape index (κ3) is 1.46. The Morgan fingerprint density at radius 2 is 1.52 bits per heavy atom. The van der Waals surface area contributed by atoms with E-state index in [9.17, 15) is 4.79 Å². The molecule has 4 aliphatic rings. The summed E-state index contributed by atoms with van der Waals surface area (Å²) in [7, 11) is 0. The number of ketones is 1. The zero-order valence-corrected chi connectivity index (χ0v) is 14.5. The Balaban J connectivity index is 1.77. The van der Waals surface area contributed by atoms with Gasteiger partial charge in [-0.25, -0.2) is 0 Å². The number of carbonyl (C=O) groups is 1. The third-order valence-corrected chi connectivity index (χ3v) is 8.74. The van der Waals surface area contributed by atoms with Crippen molar-refractivity contribution in [1.82, 2.24) is 0 Å². The van der Waals surface area contributed by atoms with Gasteiger partial charge in [-0.05, 0) is 65.3 Å². The van der Waals surface area contributed by atoms with Crippen LogP contribution in [0.25, 0.3) is 0 Å². The van der Waals surface area contributed by atoms with Crippen molar-refractivity contribution in [3.05, 3.63) is 11.1 Å². The van der Waals surface area contributed by atoms with Crippen LogP contribution in [0.5, 0.6) is 0 Å². The van der Waals surface area contributed by atoms with Crippen LogP contribution < -0.4 is 0 Å². The minimum Gasteiger partial charge on any atom is -0.294 e. The third-order valence-electron chi connectivity index (χ3n) is 8.74. The summed E-state index contributed by atoms with van der Waals surface area (Å²) < 4.78 is 0. The average molecular weight is 286 g/mol. The molecule has 0 amide bonds. The van der Waals surface area contributed by atoms with E-state index in [1.54, 1.807) is 5.57 Å². The van der Waals surface area contributed by atoms with Crippen LogP contribution >= 0.6 is 0 Å². The van der Waals surface area contributed by atoms with Gasteiger partial charge >= 0.3 is 0 Å². The van der Waals surface area contributed by atoms with Crippen LogP contribution in [0.1, 0.15) is 60.8 Å². The molecule has 116 valence electrons. The van der Waals surface area contributed by atoms with E-state index in [-0.39, 0.29) is 0 Å². The van der Waals surface area contributed by atoms with Gasteiger partial charge in [-0.1, -0.05) is 47.1 Å². The Bertz CT molecular complexity index is 546. The molecule has 4 bridgehead atoms. The topological polar surface area (TPSA) is 17.1 Å². The van der Waals surface area contributed by atoms with Gasteiger partial charge in [0.25, 0.3) is 0 Å². The van der Waals surface area contributed by atoms with E-state index < -0.39 is 0 Å². The first-order valence-corrected chi connectivity index (χ1v) is 8.94. The summed E-state index contributed by atoms with van der Waals surface area (Å²) in [4.78, 5) is 12.9. The van der Waals surface area contributed by atoms with Gasteiger partial charge in [-0.15, -0.1) is 0 Å². The summed E-state index contributed by atoms with van der Waals surface area (Å²) in [5, 5.41) is 0. The summed E-state index contributed by atoms with van der Waals surface area (Å²) in [6, 6.07) is 0. The Morgan fingerprint density at radius 3 is 2.05 bits per heavy atom. The summed E-state index contributed by atoms with van der Waals surface area (Å²) >= 11 is 0. The van der Waals surface area contributed by atoms with E-state index in [4.69, 9.17) is 0 Å². The van der Waals surface area contributed by atoms with Crippen molar-refractivity contribution in [1.29, 1.82) is 0 Å². The molecule has 4 aliphatic carbocycles. The second-order valence-electron chi connectivity index (χ2n) is 9.66. The lowest BCUT2D eigenvalue weighted by atomic mass is 9.62. The molecule has 6 atom stereocenters. The van der Waals surface area contributed by atoms with Gasteiger partial charge in [0.05, 0.1) is 0 Å². The van der Waals surface area contributed by atoms with Gasteiger partial charge in [-0.3, -0.25) is 4.79 Å². The molecule has 4 fully saturated rings. The summed E-state index contributed by atoms with van der Waals surface area (Å²) in [5.74, 6) is 4.24. The highest BCUT2D eigenvalue weighted by Gasteiger charge is 2.61. The fourth-order valence-corrected chi connectivity index (χ4v) is 6.40. The Labute approximate surface area is 129 Å². The van der Waals surface area contributed by atoms with Gasteiger partial charge in [0.2, 0.25) is 0 Å². The van der Waals surface area contributed by atoms with Crippen molar-refractivity contribution in [2.75, 3.05) is 0 Å². The molecule has 1 heteroatoms. The first-order valence-electron chi connectivity index (χ1n) is 8.94. The average Bonchev–Trinajstić information content (AvgIpc) is 3.06. The van der Waals surface area contributed by atoms with E-state index >= 15 is 0 Å². The zero-order chi connectivity index (χ0) is 15.3. The lowest BCUT2D eigenvalue weighted by Gasteiger charge is -2.41. The first kappa shape index (κ1) is 14.0. The van der Waals surface area contributed by atoms with Crippen molar-refractivity contribution in [3.8, 4) is 0 Å². The summed E-state index contributed by atoms with van der Waals surface area (Å²) in [6.07, 6.45) is 3.70. The first-order chi connectivity index (χ1) is 9.67.